The number of hydrogen-bond acceptors (Lipinski definition) is 5. The molecule has 2 rings (SSSR count). The van der Waals surface area contributed by atoms with Crippen molar-refractivity contribution in [1.82, 2.24) is 4.90 Å². The summed E-state index contributed by atoms with van der Waals surface area (Å²) in [6.07, 6.45) is 2.14. The molecule has 2 aliphatic heterocycles. The number of nitrogens with zero attached hydrogens (tertiary/aromatic N) is 1. The van der Waals surface area contributed by atoms with Gasteiger partial charge in [-0.15, -0.1) is 0 Å². The lowest BCUT2D eigenvalue weighted by atomic mass is 10.0. The Morgan fingerprint density at radius 3 is 2.84 bits per heavy atom. The lowest BCUT2D eigenvalue weighted by Crippen LogP contribution is -2.50. The Bertz CT molecular complexity index is 384. The predicted octanol–water partition coefficient (Wildman–Crippen LogP) is 0.547. The van der Waals surface area contributed by atoms with Gasteiger partial charge in [-0.25, -0.2) is 8.42 Å². The lowest BCUT2D eigenvalue weighted by molar-refractivity contribution is -0.103. The van der Waals surface area contributed by atoms with Gasteiger partial charge < -0.3 is 9.47 Å². The molecule has 5 nitrogen and oxygen atoms in total. The minimum atomic E-state index is -2.80. The zero-order valence-corrected chi connectivity index (χ0v) is 12.7. The van der Waals surface area contributed by atoms with Gasteiger partial charge in [0.1, 0.15) is 0 Å². The van der Waals surface area contributed by atoms with Crippen LogP contribution in [0.2, 0.25) is 0 Å². The van der Waals surface area contributed by atoms with E-state index in [2.05, 4.69) is 11.8 Å². The first-order chi connectivity index (χ1) is 8.98. The van der Waals surface area contributed by atoms with E-state index in [9.17, 15) is 8.42 Å². The molecule has 6 heteroatoms. The molecule has 0 aromatic rings. The van der Waals surface area contributed by atoms with Crippen molar-refractivity contribution in [3.8, 4) is 0 Å². The van der Waals surface area contributed by atoms with Crippen LogP contribution in [-0.2, 0) is 19.3 Å². The second kappa shape index (κ2) is 6.52. The molecule has 0 aliphatic carbocycles. The van der Waals surface area contributed by atoms with Crippen LogP contribution in [0.5, 0.6) is 0 Å². The van der Waals surface area contributed by atoms with Gasteiger partial charge in [0.2, 0.25) is 0 Å². The summed E-state index contributed by atoms with van der Waals surface area (Å²) in [5, 5.41) is 0. The highest BCUT2D eigenvalue weighted by molar-refractivity contribution is 7.91. The van der Waals surface area contributed by atoms with Crippen molar-refractivity contribution in [2.75, 3.05) is 44.9 Å². The number of methoxy groups -OCH3 is 1. The van der Waals surface area contributed by atoms with Gasteiger partial charge in [-0.3, -0.25) is 4.90 Å². The van der Waals surface area contributed by atoms with Crippen LogP contribution < -0.4 is 0 Å². The van der Waals surface area contributed by atoms with E-state index in [0.717, 1.165) is 32.5 Å². The molecule has 112 valence electrons. The molecule has 2 heterocycles. The Hall–Kier alpha value is -0.170. The molecular weight excluding hydrogens is 266 g/mol. The highest BCUT2D eigenvalue weighted by Crippen LogP contribution is 2.21. The number of hydrogen-bond donors (Lipinski definition) is 0. The van der Waals surface area contributed by atoms with E-state index in [-0.39, 0.29) is 18.1 Å². The normalized spacial score (nSPS) is 36.2. The summed E-state index contributed by atoms with van der Waals surface area (Å²) in [7, 11) is -1.12. The van der Waals surface area contributed by atoms with Gasteiger partial charge in [0, 0.05) is 26.7 Å². The quantitative estimate of drug-likeness (QED) is 0.757. The zero-order chi connectivity index (χ0) is 13.9. The van der Waals surface area contributed by atoms with E-state index in [1.807, 2.05) is 0 Å². The number of sulfone groups is 1. The fourth-order valence-electron chi connectivity index (χ4n) is 3.19. The fourth-order valence-corrected chi connectivity index (χ4v) is 4.96. The van der Waals surface area contributed by atoms with E-state index >= 15 is 0 Å². The van der Waals surface area contributed by atoms with E-state index in [4.69, 9.17) is 9.47 Å². The van der Waals surface area contributed by atoms with Crippen molar-refractivity contribution in [1.29, 1.82) is 0 Å². The third kappa shape index (κ3) is 4.70. The maximum absolute atomic E-state index is 11.7. The van der Waals surface area contributed by atoms with Crippen LogP contribution in [0.15, 0.2) is 0 Å². The van der Waals surface area contributed by atoms with Gasteiger partial charge in [-0.2, -0.15) is 0 Å². The Balaban J connectivity index is 1.87. The van der Waals surface area contributed by atoms with Crippen molar-refractivity contribution >= 4 is 9.84 Å². The molecule has 0 radical (unpaired) electrons. The van der Waals surface area contributed by atoms with E-state index < -0.39 is 9.84 Å². The fraction of sp³-hybridized carbons (Fsp3) is 1.00. The molecule has 0 N–H and O–H groups in total. The first-order valence-corrected chi connectivity index (χ1v) is 8.88. The summed E-state index contributed by atoms with van der Waals surface area (Å²) in [6, 6.07) is 0. The minimum absolute atomic E-state index is 0.106. The van der Waals surface area contributed by atoms with Gasteiger partial charge in [0.25, 0.3) is 0 Å². The maximum Gasteiger partial charge on any atom is 0.150 e. The largest absolute Gasteiger partial charge is 0.382 e. The second-order valence-electron chi connectivity index (χ2n) is 5.87. The summed E-state index contributed by atoms with van der Waals surface area (Å²) in [5.41, 5.74) is 0. The lowest BCUT2D eigenvalue weighted by Gasteiger charge is -2.38. The van der Waals surface area contributed by atoms with Gasteiger partial charge in [-0.1, -0.05) is 0 Å². The molecule has 0 saturated carbocycles. The van der Waals surface area contributed by atoms with Crippen LogP contribution in [0.3, 0.4) is 0 Å². The van der Waals surface area contributed by atoms with Gasteiger partial charge in [-0.05, 0) is 25.7 Å². The first kappa shape index (κ1) is 15.2. The van der Waals surface area contributed by atoms with Gasteiger partial charge in [0.05, 0.1) is 30.3 Å². The Morgan fingerprint density at radius 1 is 1.37 bits per heavy atom. The topological polar surface area (TPSA) is 55.8 Å². The standard InChI is InChI=1S/C13H25NO4S/c1-11-6-14(8-13(18-11)9-17-2)7-12-4-3-5-19(15,16)10-12/h11-13H,3-10H2,1-2H3. The summed E-state index contributed by atoms with van der Waals surface area (Å²) >= 11 is 0. The predicted molar refractivity (Wildman–Crippen MR) is 74.0 cm³/mol. The molecule has 19 heavy (non-hydrogen) atoms. The maximum atomic E-state index is 11.7. The molecule has 3 unspecified atom stereocenters. The van der Waals surface area contributed by atoms with Crippen LogP contribution in [0, 0.1) is 5.92 Å². The highest BCUT2D eigenvalue weighted by atomic mass is 32.2. The zero-order valence-electron chi connectivity index (χ0n) is 11.9. The van der Waals surface area contributed by atoms with Crippen molar-refractivity contribution in [2.45, 2.75) is 32.0 Å². The smallest absolute Gasteiger partial charge is 0.150 e. The summed E-state index contributed by atoms with van der Waals surface area (Å²) in [6.45, 7) is 5.26. The Kier molecular flexibility index (Phi) is 5.22. The number of ether oxygens (including phenoxy) is 2. The molecule has 2 aliphatic rings. The second-order valence-corrected chi connectivity index (χ2v) is 8.09. The Morgan fingerprint density at radius 2 is 2.16 bits per heavy atom. The summed E-state index contributed by atoms with van der Waals surface area (Å²) in [4.78, 5) is 2.34. The minimum Gasteiger partial charge on any atom is -0.382 e. The van der Waals surface area contributed by atoms with Gasteiger partial charge >= 0.3 is 0 Å². The van der Waals surface area contributed by atoms with Crippen molar-refractivity contribution in [3.05, 3.63) is 0 Å². The van der Waals surface area contributed by atoms with E-state index in [1.165, 1.54) is 0 Å². The summed E-state index contributed by atoms with van der Waals surface area (Å²) < 4.78 is 34.3. The van der Waals surface area contributed by atoms with Crippen LogP contribution in [-0.4, -0.2) is 70.4 Å². The summed E-state index contributed by atoms with van der Waals surface area (Å²) in [5.74, 6) is 1.01. The van der Waals surface area contributed by atoms with Crippen molar-refractivity contribution < 1.29 is 17.9 Å². The van der Waals surface area contributed by atoms with Crippen molar-refractivity contribution in [2.24, 2.45) is 5.92 Å². The molecular formula is C13H25NO4S. The van der Waals surface area contributed by atoms with E-state index in [0.29, 0.717) is 18.1 Å². The molecule has 0 amide bonds. The first-order valence-electron chi connectivity index (χ1n) is 7.05. The molecule has 0 spiro atoms. The third-order valence-electron chi connectivity index (χ3n) is 3.83. The molecule has 3 atom stereocenters. The number of rotatable bonds is 4. The van der Waals surface area contributed by atoms with Crippen LogP contribution >= 0.6 is 0 Å². The highest BCUT2D eigenvalue weighted by Gasteiger charge is 2.30. The molecule has 0 aromatic heterocycles. The monoisotopic (exact) mass is 291 g/mol. The average Bonchev–Trinajstić information content (AvgIpc) is 2.26. The average molecular weight is 291 g/mol. The van der Waals surface area contributed by atoms with Crippen LogP contribution in [0.1, 0.15) is 19.8 Å². The van der Waals surface area contributed by atoms with Gasteiger partial charge in [0.15, 0.2) is 9.84 Å². The van der Waals surface area contributed by atoms with E-state index in [1.54, 1.807) is 7.11 Å². The molecule has 2 saturated heterocycles. The third-order valence-corrected chi connectivity index (χ3v) is 5.72. The van der Waals surface area contributed by atoms with Crippen molar-refractivity contribution in [3.63, 3.8) is 0 Å². The van der Waals surface area contributed by atoms with Crippen LogP contribution in [0.4, 0.5) is 0 Å². The van der Waals surface area contributed by atoms with Crippen LogP contribution in [0.25, 0.3) is 0 Å². The Labute approximate surface area is 116 Å². The molecule has 2 fully saturated rings. The number of morpholine rings is 1. The molecule has 0 aromatic carbocycles. The molecule has 0 bridgehead atoms. The SMILES string of the molecule is COCC1CN(CC2CCCS(=O)(=O)C2)CC(C)O1.